The molecule has 0 saturated carbocycles. The van der Waals surface area contributed by atoms with Crippen molar-refractivity contribution >= 4 is 17.5 Å². The highest BCUT2D eigenvalue weighted by Gasteiger charge is 2.20. The number of rotatable bonds is 9. The van der Waals surface area contributed by atoms with Crippen LogP contribution in [0.15, 0.2) is 11.2 Å². The summed E-state index contributed by atoms with van der Waals surface area (Å²) in [4.78, 5) is 12.7. The molecule has 0 N–H and O–H groups in total. The molecule has 1 saturated heterocycles. The van der Waals surface area contributed by atoms with E-state index in [4.69, 9.17) is 9.47 Å². The third-order valence-electron chi connectivity index (χ3n) is 4.63. The van der Waals surface area contributed by atoms with Gasteiger partial charge in [-0.1, -0.05) is 11.8 Å². The van der Waals surface area contributed by atoms with Gasteiger partial charge in [0.25, 0.3) is 0 Å². The van der Waals surface area contributed by atoms with Crippen molar-refractivity contribution in [2.24, 2.45) is 0 Å². The highest BCUT2D eigenvalue weighted by molar-refractivity contribution is 7.99. The molecule has 3 heterocycles. The van der Waals surface area contributed by atoms with Crippen LogP contribution in [-0.2, 0) is 22.6 Å². The first-order valence-corrected chi connectivity index (χ1v) is 9.78. The molecule has 1 atom stereocenters. The second kappa shape index (κ2) is 8.79. The molecular formula is C17H25N5O3S. The minimum atomic E-state index is 0.0819. The van der Waals surface area contributed by atoms with Gasteiger partial charge < -0.3 is 14.0 Å². The van der Waals surface area contributed by atoms with Crippen LogP contribution in [0.2, 0.25) is 0 Å². The fourth-order valence-corrected chi connectivity index (χ4v) is 3.98. The summed E-state index contributed by atoms with van der Waals surface area (Å²) in [5.41, 5.74) is 2.80. The number of hydrogen-bond donors (Lipinski definition) is 0. The number of ether oxygens (including phenoxy) is 2. The molecule has 0 amide bonds. The van der Waals surface area contributed by atoms with Gasteiger partial charge in [-0.15, -0.1) is 5.10 Å². The van der Waals surface area contributed by atoms with Crippen LogP contribution < -0.4 is 0 Å². The van der Waals surface area contributed by atoms with E-state index in [-0.39, 0.29) is 11.9 Å². The summed E-state index contributed by atoms with van der Waals surface area (Å²) >= 11 is 1.37. The van der Waals surface area contributed by atoms with Gasteiger partial charge in [-0.25, -0.2) is 4.68 Å². The van der Waals surface area contributed by atoms with Crippen molar-refractivity contribution in [3.05, 3.63) is 23.0 Å². The first kappa shape index (κ1) is 19.1. The van der Waals surface area contributed by atoms with Gasteiger partial charge in [0.05, 0.1) is 25.0 Å². The Hall–Kier alpha value is -1.71. The molecule has 9 heteroatoms. The molecule has 1 aliphatic heterocycles. The SMILES string of the molecule is COCCn1c(C)cc(C(=O)CSc2nnnn2C[C@@H]2CCCO2)c1C. The van der Waals surface area contributed by atoms with E-state index in [0.29, 0.717) is 24.1 Å². The van der Waals surface area contributed by atoms with Crippen LogP contribution in [0.1, 0.15) is 34.6 Å². The zero-order valence-corrected chi connectivity index (χ0v) is 16.3. The normalized spacial score (nSPS) is 17.1. The number of carbonyl (C=O) groups excluding carboxylic acids is 1. The number of methoxy groups -OCH3 is 1. The average molecular weight is 379 g/mol. The molecule has 0 unspecified atom stereocenters. The number of Topliss-reactive ketones (excluding diaryl/α,β-unsaturated/α-hetero) is 1. The number of aryl methyl sites for hydroxylation is 1. The second-order valence-corrected chi connectivity index (χ2v) is 7.36. The Balaban J connectivity index is 1.62. The minimum absolute atomic E-state index is 0.0819. The van der Waals surface area contributed by atoms with Crippen molar-refractivity contribution in [2.45, 2.75) is 51.0 Å². The first-order valence-electron chi connectivity index (χ1n) is 8.79. The van der Waals surface area contributed by atoms with Crippen LogP contribution in [0.25, 0.3) is 0 Å². The van der Waals surface area contributed by atoms with Crippen molar-refractivity contribution in [3.63, 3.8) is 0 Å². The molecule has 0 aliphatic carbocycles. The van der Waals surface area contributed by atoms with Gasteiger partial charge >= 0.3 is 0 Å². The topological polar surface area (TPSA) is 84.1 Å². The van der Waals surface area contributed by atoms with Gasteiger partial charge in [0, 0.05) is 37.2 Å². The maximum atomic E-state index is 12.7. The predicted octanol–water partition coefficient (Wildman–Crippen LogP) is 1.89. The highest BCUT2D eigenvalue weighted by atomic mass is 32.2. The highest BCUT2D eigenvalue weighted by Crippen LogP contribution is 2.22. The third kappa shape index (κ3) is 4.33. The Bertz CT molecular complexity index is 752. The smallest absolute Gasteiger partial charge is 0.209 e. The van der Waals surface area contributed by atoms with Crippen molar-refractivity contribution in [3.8, 4) is 0 Å². The predicted molar refractivity (Wildman–Crippen MR) is 97.6 cm³/mol. The maximum absolute atomic E-state index is 12.7. The molecular weight excluding hydrogens is 354 g/mol. The summed E-state index contributed by atoms with van der Waals surface area (Å²) in [7, 11) is 1.68. The second-order valence-electron chi connectivity index (χ2n) is 6.42. The van der Waals surface area contributed by atoms with Gasteiger partial charge in [0.1, 0.15) is 0 Å². The molecule has 1 aliphatic rings. The first-order chi connectivity index (χ1) is 12.6. The molecule has 0 bridgehead atoms. The number of nitrogens with zero attached hydrogens (tertiary/aromatic N) is 5. The van der Waals surface area contributed by atoms with E-state index in [1.165, 1.54) is 11.8 Å². The van der Waals surface area contributed by atoms with Crippen LogP contribution in [0.5, 0.6) is 0 Å². The Labute approximate surface area is 157 Å². The van der Waals surface area contributed by atoms with Crippen molar-refractivity contribution in [1.82, 2.24) is 24.8 Å². The maximum Gasteiger partial charge on any atom is 0.209 e. The van der Waals surface area contributed by atoms with E-state index in [1.54, 1.807) is 11.8 Å². The lowest BCUT2D eigenvalue weighted by atomic mass is 10.2. The number of tetrazole rings is 1. The molecule has 1 fully saturated rings. The van der Waals surface area contributed by atoms with Gasteiger partial charge in [-0.05, 0) is 43.2 Å². The quantitative estimate of drug-likeness (QED) is 0.486. The molecule has 142 valence electrons. The molecule has 3 rings (SSSR count). The number of ketones is 1. The van der Waals surface area contributed by atoms with Gasteiger partial charge in [0.2, 0.25) is 5.16 Å². The fraction of sp³-hybridized carbons (Fsp3) is 0.647. The van der Waals surface area contributed by atoms with Crippen LogP contribution in [0.3, 0.4) is 0 Å². The largest absolute Gasteiger partial charge is 0.383 e. The van der Waals surface area contributed by atoms with Crippen molar-refractivity contribution in [2.75, 3.05) is 26.1 Å². The van der Waals surface area contributed by atoms with Crippen molar-refractivity contribution in [1.29, 1.82) is 0 Å². The lowest BCUT2D eigenvalue weighted by Crippen LogP contribution is -2.17. The molecule has 0 radical (unpaired) electrons. The molecule has 0 aromatic carbocycles. The lowest BCUT2D eigenvalue weighted by Gasteiger charge is -2.10. The number of hydrogen-bond acceptors (Lipinski definition) is 7. The van der Waals surface area contributed by atoms with Gasteiger partial charge in [-0.3, -0.25) is 4.79 Å². The summed E-state index contributed by atoms with van der Waals surface area (Å²) in [6.45, 7) is 6.78. The van der Waals surface area contributed by atoms with Crippen LogP contribution >= 0.6 is 11.8 Å². The molecule has 0 spiro atoms. The van der Waals surface area contributed by atoms with Crippen LogP contribution in [-0.4, -0.2) is 62.7 Å². The zero-order valence-electron chi connectivity index (χ0n) is 15.5. The summed E-state index contributed by atoms with van der Waals surface area (Å²) in [6.07, 6.45) is 2.26. The van der Waals surface area contributed by atoms with E-state index in [1.807, 2.05) is 19.9 Å². The average Bonchev–Trinajstić information content (AvgIpc) is 3.35. The fourth-order valence-electron chi connectivity index (χ4n) is 3.21. The number of thioether (sulfide) groups is 1. The minimum Gasteiger partial charge on any atom is -0.383 e. The zero-order chi connectivity index (χ0) is 18.5. The van der Waals surface area contributed by atoms with Gasteiger partial charge in [0.15, 0.2) is 5.78 Å². The summed E-state index contributed by atoms with van der Waals surface area (Å²) in [5, 5.41) is 12.5. The van der Waals surface area contributed by atoms with Crippen molar-refractivity contribution < 1.29 is 14.3 Å². The third-order valence-corrected chi connectivity index (χ3v) is 5.58. The van der Waals surface area contributed by atoms with Gasteiger partial charge in [-0.2, -0.15) is 0 Å². The molecule has 26 heavy (non-hydrogen) atoms. The summed E-state index contributed by atoms with van der Waals surface area (Å²) in [5.74, 6) is 0.388. The van der Waals surface area contributed by atoms with Crippen LogP contribution in [0.4, 0.5) is 0 Å². The number of carbonyl (C=O) groups is 1. The monoisotopic (exact) mass is 379 g/mol. The van der Waals surface area contributed by atoms with E-state index in [9.17, 15) is 4.79 Å². The van der Waals surface area contributed by atoms with E-state index in [0.717, 1.165) is 42.9 Å². The molecule has 8 nitrogen and oxygen atoms in total. The Morgan fingerprint density at radius 1 is 1.46 bits per heavy atom. The molecule has 2 aromatic rings. The molecule has 2 aromatic heterocycles. The Kier molecular flexibility index (Phi) is 6.44. The van der Waals surface area contributed by atoms with E-state index < -0.39 is 0 Å². The lowest BCUT2D eigenvalue weighted by molar-refractivity contribution is 0.0912. The van der Waals surface area contributed by atoms with Crippen LogP contribution in [0, 0.1) is 13.8 Å². The Morgan fingerprint density at radius 2 is 2.31 bits per heavy atom. The Morgan fingerprint density at radius 3 is 3.04 bits per heavy atom. The van der Waals surface area contributed by atoms with E-state index >= 15 is 0 Å². The van der Waals surface area contributed by atoms with E-state index in [2.05, 4.69) is 20.1 Å². The summed E-state index contributed by atoms with van der Waals surface area (Å²) in [6, 6.07) is 1.95. The summed E-state index contributed by atoms with van der Waals surface area (Å²) < 4.78 is 14.6. The number of aromatic nitrogens is 5. The standard InChI is InChI=1S/C17H25N5O3S/c1-12-9-15(13(2)21(12)6-8-24-3)16(23)11-26-17-18-19-20-22(17)10-14-5-4-7-25-14/h9,14H,4-8,10-11H2,1-3H3/t14-/m0/s1.